The molecule has 19 heavy (non-hydrogen) atoms. The number of pyridine rings is 1. The van der Waals surface area contributed by atoms with Crippen molar-refractivity contribution in [2.75, 3.05) is 6.54 Å². The zero-order chi connectivity index (χ0) is 13.7. The highest BCUT2D eigenvalue weighted by molar-refractivity contribution is 14.1. The molecule has 5 heteroatoms. The zero-order valence-electron chi connectivity index (χ0n) is 10.4. The third-order valence-corrected chi connectivity index (χ3v) is 3.07. The molecular weight excluding hydrogens is 355 g/mol. The average molecular weight is 368 g/mol. The molecule has 0 aliphatic carbocycles. The topological polar surface area (TPSA) is 51.2 Å². The Kier molecular flexibility index (Phi) is 4.73. The van der Waals surface area contributed by atoms with Crippen LogP contribution in [0.1, 0.15) is 17.4 Å². The van der Waals surface area contributed by atoms with Crippen molar-refractivity contribution in [1.29, 1.82) is 0 Å². The smallest absolute Gasteiger partial charge is 0.270 e. The van der Waals surface area contributed by atoms with Crippen molar-refractivity contribution >= 4 is 28.5 Å². The number of carbonyl (C=O) groups is 1. The van der Waals surface area contributed by atoms with E-state index in [1.54, 1.807) is 18.3 Å². The first-order valence-electron chi connectivity index (χ1n) is 5.86. The number of aromatic nitrogens is 1. The number of hydrogen-bond donors (Lipinski definition) is 1. The molecule has 0 aliphatic heterocycles. The highest BCUT2D eigenvalue weighted by Gasteiger charge is 2.07. The molecule has 0 spiro atoms. The number of rotatable bonds is 4. The van der Waals surface area contributed by atoms with Gasteiger partial charge < -0.3 is 10.1 Å². The summed E-state index contributed by atoms with van der Waals surface area (Å²) in [6, 6.07) is 11.0. The molecule has 1 aromatic carbocycles. The van der Waals surface area contributed by atoms with Crippen LogP contribution < -0.4 is 10.1 Å². The van der Waals surface area contributed by atoms with Gasteiger partial charge in [-0.1, -0.05) is 0 Å². The van der Waals surface area contributed by atoms with Crippen LogP contribution >= 0.6 is 22.6 Å². The molecule has 0 unspecified atom stereocenters. The van der Waals surface area contributed by atoms with Gasteiger partial charge in [-0.2, -0.15) is 0 Å². The monoisotopic (exact) mass is 368 g/mol. The van der Waals surface area contributed by atoms with Crippen LogP contribution in [-0.2, 0) is 0 Å². The fraction of sp³-hybridized carbons (Fsp3) is 0.143. The van der Waals surface area contributed by atoms with Gasteiger partial charge in [0.05, 0.1) is 0 Å². The summed E-state index contributed by atoms with van der Waals surface area (Å²) < 4.78 is 6.82. The number of nitrogens with zero attached hydrogens (tertiary/aromatic N) is 1. The summed E-state index contributed by atoms with van der Waals surface area (Å²) in [7, 11) is 0. The van der Waals surface area contributed by atoms with Gasteiger partial charge in [0.2, 0.25) is 0 Å². The number of ether oxygens (including phenoxy) is 1. The summed E-state index contributed by atoms with van der Waals surface area (Å²) in [5.74, 6) is 1.13. The van der Waals surface area contributed by atoms with Crippen LogP contribution in [0.3, 0.4) is 0 Å². The number of hydrogen-bond acceptors (Lipinski definition) is 3. The van der Waals surface area contributed by atoms with E-state index in [-0.39, 0.29) is 5.91 Å². The summed E-state index contributed by atoms with van der Waals surface area (Å²) in [4.78, 5) is 15.7. The van der Waals surface area contributed by atoms with E-state index in [1.165, 1.54) is 0 Å². The van der Waals surface area contributed by atoms with Crippen LogP contribution in [0.5, 0.6) is 11.5 Å². The quantitative estimate of drug-likeness (QED) is 0.844. The number of benzene rings is 1. The second kappa shape index (κ2) is 6.51. The maximum absolute atomic E-state index is 11.7. The minimum atomic E-state index is -0.199. The molecule has 0 atom stereocenters. The molecule has 98 valence electrons. The Morgan fingerprint density at radius 2 is 2.00 bits per heavy atom. The van der Waals surface area contributed by atoms with Crippen LogP contribution in [0.4, 0.5) is 0 Å². The first-order valence-corrected chi connectivity index (χ1v) is 6.94. The molecule has 0 radical (unpaired) electrons. The SMILES string of the molecule is CCNC(=O)c1cc(Oc2ccc(I)cc2)ccn1. The third kappa shape index (κ3) is 3.92. The van der Waals surface area contributed by atoms with Crippen molar-refractivity contribution < 1.29 is 9.53 Å². The van der Waals surface area contributed by atoms with Gasteiger partial charge in [0, 0.05) is 22.4 Å². The Labute approximate surface area is 125 Å². The molecular formula is C14H13IN2O2. The summed E-state index contributed by atoms with van der Waals surface area (Å²) >= 11 is 2.23. The van der Waals surface area contributed by atoms with Gasteiger partial charge in [-0.05, 0) is 59.8 Å². The summed E-state index contributed by atoms with van der Waals surface area (Å²) in [5, 5.41) is 2.70. The summed E-state index contributed by atoms with van der Waals surface area (Å²) in [6.07, 6.45) is 1.56. The van der Waals surface area contributed by atoms with Crippen LogP contribution in [0.15, 0.2) is 42.6 Å². The molecule has 2 rings (SSSR count). The maximum atomic E-state index is 11.7. The van der Waals surface area contributed by atoms with Gasteiger partial charge in [-0.25, -0.2) is 0 Å². The lowest BCUT2D eigenvalue weighted by Crippen LogP contribution is -2.23. The standard InChI is InChI=1S/C14H13IN2O2/c1-2-16-14(18)13-9-12(7-8-17-13)19-11-5-3-10(15)4-6-11/h3-9H,2H2,1H3,(H,16,18). The predicted molar refractivity (Wildman–Crippen MR) is 81.5 cm³/mol. The van der Waals surface area contributed by atoms with Crippen LogP contribution in [0.25, 0.3) is 0 Å². The van der Waals surface area contributed by atoms with E-state index in [1.807, 2.05) is 31.2 Å². The van der Waals surface area contributed by atoms with Crippen LogP contribution in [-0.4, -0.2) is 17.4 Å². The Balaban J connectivity index is 2.15. The highest BCUT2D eigenvalue weighted by Crippen LogP contribution is 2.22. The van der Waals surface area contributed by atoms with Gasteiger partial charge in [-0.3, -0.25) is 9.78 Å². The van der Waals surface area contributed by atoms with E-state index in [0.29, 0.717) is 18.0 Å². The molecule has 0 saturated heterocycles. The molecule has 1 N–H and O–H groups in total. The van der Waals surface area contributed by atoms with Crippen molar-refractivity contribution in [1.82, 2.24) is 10.3 Å². The van der Waals surface area contributed by atoms with Crippen molar-refractivity contribution in [3.8, 4) is 11.5 Å². The Morgan fingerprint density at radius 1 is 1.26 bits per heavy atom. The second-order valence-corrected chi connectivity index (χ2v) is 5.04. The number of carbonyl (C=O) groups excluding carboxylic acids is 1. The molecule has 1 heterocycles. The normalized spacial score (nSPS) is 10.0. The van der Waals surface area contributed by atoms with Crippen LogP contribution in [0, 0.1) is 3.57 Å². The summed E-state index contributed by atoms with van der Waals surface area (Å²) in [5.41, 5.74) is 0.352. The van der Waals surface area contributed by atoms with Gasteiger partial charge in [0.25, 0.3) is 5.91 Å². The summed E-state index contributed by atoms with van der Waals surface area (Å²) in [6.45, 7) is 2.44. The predicted octanol–water partition coefficient (Wildman–Crippen LogP) is 3.23. The van der Waals surface area contributed by atoms with Crippen molar-refractivity contribution in [2.45, 2.75) is 6.92 Å². The van der Waals surface area contributed by atoms with Gasteiger partial charge in [0.1, 0.15) is 17.2 Å². The van der Waals surface area contributed by atoms with Gasteiger partial charge in [0.15, 0.2) is 0 Å². The number of amides is 1. The minimum Gasteiger partial charge on any atom is -0.457 e. The maximum Gasteiger partial charge on any atom is 0.270 e. The lowest BCUT2D eigenvalue weighted by molar-refractivity contribution is 0.0950. The van der Waals surface area contributed by atoms with E-state index in [4.69, 9.17) is 4.74 Å². The molecule has 1 amide bonds. The van der Waals surface area contributed by atoms with Crippen molar-refractivity contribution in [3.63, 3.8) is 0 Å². The molecule has 0 fully saturated rings. The Morgan fingerprint density at radius 3 is 2.68 bits per heavy atom. The Hall–Kier alpha value is -1.63. The largest absolute Gasteiger partial charge is 0.457 e. The molecule has 2 aromatic rings. The van der Waals surface area contributed by atoms with E-state index < -0.39 is 0 Å². The van der Waals surface area contributed by atoms with E-state index >= 15 is 0 Å². The third-order valence-electron chi connectivity index (χ3n) is 2.35. The fourth-order valence-electron chi connectivity index (χ4n) is 1.49. The van der Waals surface area contributed by atoms with Crippen molar-refractivity contribution in [2.24, 2.45) is 0 Å². The fourth-order valence-corrected chi connectivity index (χ4v) is 1.85. The van der Waals surface area contributed by atoms with Crippen molar-refractivity contribution in [3.05, 3.63) is 51.9 Å². The van der Waals surface area contributed by atoms with Gasteiger partial charge in [-0.15, -0.1) is 0 Å². The lowest BCUT2D eigenvalue weighted by Gasteiger charge is -2.07. The first-order chi connectivity index (χ1) is 9.19. The molecule has 0 aliphatic rings. The van der Waals surface area contributed by atoms with E-state index in [0.717, 1.165) is 9.32 Å². The zero-order valence-corrected chi connectivity index (χ0v) is 12.5. The molecule has 0 bridgehead atoms. The average Bonchev–Trinajstić information content (AvgIpc) is 2.42. The first kappa shape index (κ1) is 13.8. The van der Waals surface area contributed by atoms with E-state index in [9.17, 15) is 4.79 Å². The second-order valence-electron chi connectivity index (χ2n) is 3.79. The highest BCUT2D eigenvalue weighted by atomic mass is 127. The Bertz CT molecular complexity index is 570. The lowest BCUT2D eigenvalue weighted by atomic mass is 10.3. The van der Waals surface area contributed by atoms with Crippen LogP contribution in [0.2, 0.25) is 0 Å². The molecule has 0 saturated carbocycles. The van der Waals surface area contributed by atoms with Gasteiger partial charge >= 0.3 is 0 Å². The number of halogens is 1. The molecule has 1 aromatic heterocycles. The van der Waals surface area contributed by atoms with E-state index in [2.05, 4.69) is 32.9 Å². The minimum absolute atomic E-state index is 0.199. The molecule has 4 nitrogen and oxygen atoms in total. The number of nitrogens with one attached hydrogen (secondary N) is 1.